The van der Waals surface area contributed by atoms with E-state index >= 15 is 0 Å². The molecule has 1 N–H and O–H groups in total. The van der Waals surface area contributed by atoms with Gasteiger partial charge in [-0.05, 0) is 47.8 Å². The SMILES string of the molecule is CNC(CCC1CCCCC1)c1cc(Br)c(F)cc1OC. The van der Waals surface area contributed by atoms with Gasteiger partial charge in [-0.25, -0.2) is 4.39 Å². The predicted molar refractivity (Wildman–Crippen MR) is 88.3 cm³/mol. The quantitative estimate of drug-likeness (QED) is 0.753. The Balaban J connectivity index is 2.07. The van der Waals surface area contributed by atoms with Gasteiger partial charge in [-0.3, -0.25) is 0 Å². The molecule has 21 heavy (non-hydrogen) atoms. The fourth-order valence-corrected chi connectivity index (χ4v) is 3.69. The van der Waals surface area contributed by atoms with Crippen LogP contribution >= 0.6 is 15.9 Å². The molecule has 1 atom stereocenters. The average Bonchev–Trinajstić information content (AvgIpc) is 2.52. The number of ether oxygens (including phenoxy) is 1. The Morgan fingerprint density at radius 2 is 2.05 bits per heavy atom. The molecule has 1 aliphatic rings. The van der Waals surface area contributed by atoms with Gasteiger partial charge in [0.25, 0.3) is 0 Å². The van der Waals surface area contributed by atoms with Crippen molar-refractivity contribution < 1.29 is 9.13 Å². The molecule has 0 aliphatic heterocycles. The highest BCUT2D eigenvalue weighted by Crippen LogP contribution is 2.35. The van der Waals surface area contributed by atoms with Gasteiger partial charge in [0.15, 0.2) is 0 Å². The van der Waals surface area contributed by atoms with E-state index in [1.54, 1.807) is 7.11 Å². The third kappa shape index (κ3) is 4.43. The molecule has 1 saturated carbocycles. The van der Waals surface area contributed by atoms with Crippen LogP contribution in [0.4, 0.5) is 4.39 Å². The van der Waals surface area contributed by atoms with E-state index in [9.17, 15) is 4.39 Å². The van der Waals surface area contributed by atoms with Gasteiger partial charge in [-0.1, -0.05) is 32.1 Å². The molecule has 1 aliphatic carbocycles. The fraction of sp³-hybridized carbons (Fsp3) is 0.647. The summed E-state index contributed by atoms with van der Waals surface area (Å²) in [6, 6.07) is 3.51. The van der Waals surface area contributed by atoms with Crippen molar-refractivity contribution >= 4 is 15.9 Å². The molecule has 1 aromatic carbocycles. The average molecular weight is 358 g/mol. The van der Waals surface area contributed by atoms with E-state index < -0.39 is 0 Å². The summed E-state index contributed by atoms with van der Waals surface area (Å²) in [5.74, 6) is 1.20. The maximum Gasteiger partial charge on any atom is 0.141 e. The normalized spacial score (nSPS) is 17.7. The van der Waals surface area contributed by atoms with Crippen LogP contribution in [0.2, 0.25) is 0 Å². The third-order valence-corrected chi connectivity index (χ3v) is 5.19. The maximum absolute atomic E-state index is 13.6. The molecule has 0 bridgehead atoms. The lowest BCUT2D eigenvalue weighted by Gasteiger charge is -2.25. The highest BCUT2D eigenvalue weighted by atomic mass is 79.9. The van der Waals surface area contributed by atoms with Crippen molar-refractivity contribution in [3.63, 3.8) is 0 Å². The molecule has 2 nitrogen and oxygen atoms in total. The molecule has 1 aromatic rings. The first-order chi connectivity index (χ1) is 10.2. The largest absolute Gasteiger partial charge is 0.496 e. The van der Waals surface area contributed by atoms with Gasteiger partial charge in [0.2, 0.25) is 0 Å². The second kappa shape index (κ2) is 8.14. The number of halogens is 2. The Morgan fingerprint density at radius 3 is 2.67 bits per heavy atom. The van der Waals surface area contributed by atoms with Crippen LogP contribution in [-0.4, -0.2) is 14.2 Å². The molecule has 1 unspecified atom stereocenters. The number of benzene rings is 1. The van der Waals surface area contributed by atoms with Gasteiger partial charge in [0.05, 0.1) is 11.6 Å². The van der Waals surface area contributed by atoms with Crippen molar-refractivity contribution in [2.24, 2.45) is 5.92 Å². The minimum atomic E-state index is -0.280. The highest BCUT2D eigenvalue weighted by Gasteiger charge is 2.20. The molecule has 0 heterocycles. The molecule has 0 saturated heterocycles. The predicted octanol–water partition coefficient (Wildman–Crippen LogP) is 5.22. The molecule has 1 fully saturated rings. The van der Waals surface area contributed by atoms with Gasteiger partial charge < -0.3 is 10.1 Å². The minimum absolute atomic E-state index is 0.207. The molecule has 2 rings (SSSR count). The first kappa shape index (κ1) is 16.8. The van der Waals surface area contributed by atoms with Crippen LogP contribution in [0.5, 0.6) is 5.75 Å². The van der Waals surface area contributed by atoms with Crippen molar-refractivity contribution in [2.75, 3.05) is 14.2 Å². The van der Waals surface area contributed by atoms with Crippen molar-refractivity contribution in [1.29, 1.82) is 0 Å². The summed E-state index contributed by atoms with van der Waals surface area (Å²) in [7, 11) is 3.56. The number of nitrogens with one attached hydrogen (secondary N) is 1. The van der Waals surface area contributed by atoms with Gasteiger partial charge in [-0.2, -0.15) is 0 Å². The number of methoxy groups -OCH3 is 1. The lowest BCUT2D eigenvalue weighted by molar-refractivity contribution is 0.314. The molecular formula is C17H25BrFNO. The first-order valence-corrected chi connectivity index (χ1v) is 8.65. The zero-order valence-electron chi connectivity index (χ0n) is 12.9. The second-order valence-electron chi connectivity index (χ2n) is 5.93. The summed E-state index contributed by atoms with van der Waals surface area (Å²) in [6.07, 6.45) is 9.16. The Hall–Kier alpha value is -0.610. The zero-order valence-corrected chi connectivity index (χ0v) is 14.5. The summed E-state index contributed by atoms with van der Waals surface area (Å²) in [4.78, 5) is 0. The van der Waals surface area contributed by atoms with Gasteiger partial charge in [0, 0.05) is 17.7 Å². The Labute approximate surface area is 135 Å². The van der Waals surface area contributed by atoms with Crippen LogP contribution < -0.4 is 10.1 Å². The number of rotatable bonds is 6. The molecule has 0 amide bonds. The van der Waals surface area contributed by atoms with Crippen LogP contribution in [-0.2, 0) is 0 Å². The van der Waals surface area contributed by atoms with Crippen molar-refractivity contribution in [3.8, 4) is 5.75 Å². The van der Waals surface area contributed by atoms with E-state index in [-0.39, 0.29) is 11.9 Å². The minimum Gasteiger partial charge on any atom is -0.496 e. The molecule has 0 aromatic heterocycles. The van der Waals surface area contributed by atoms with E-state index in [4.69, 9.17) is 4.74 Å². The van der Waals surface area contributed by atoms with Crippen molar-refractivity contribution in [3.05, 3.63) is 28.0 Å². The first-order valence-electron chi connectivity index (χ1n) is 7.86. The van der Waals surface area contributed by atoms with Crippen LogP contribution in [0.3, 0.4) is 0 Å². The van der Waals surface area contributed by atoms with E-state index in [1.165, 1.54) is 44.6 Å². The summed E-state index contributed by atoms with van der Waals surface area (Å²) >= 11 is 3.28. The van der Waals surface area contributed by atoms with Crippen LogP contribution in [0.1, 0.15) is 56.6 Å². The molecule has 4 heteroatoms. The smallest absolute Gasteiger partial charge is 0.141 e. The summed E-state index contributed by atoms with van der Waals surface area (Å²) in [5.41, 5.74) is 1.03. The zero-order chi connectivity index (χ0) is 15.2. The lowest BCUT2D eigenvalue weighted by atomic mass is 9.84. The van der Waals surface area contributed by atoms with Gasteiger partial charge in [-0.15, -0.1) is 0 Å². The highest BCUT2D eigenvalue weighted by molar-refractivity contribution is 9.10. The second-order valence-corrected chi connectivity index (χ2v) is 6.79. The van der Waals surface area contributed by atoms with E-state index in [0.717, 1.165) is 17.9 Å². The summed E-state index contributed by atoms with van der Waals surface area (Å²) in [6.45, 7) is 0. The van der Waals surface area contributed by atoms with Crippen LogP contribution in [0.15, 0.2) is 16.6 Å². The number of hydrogen-bond donors (Lipinski definition) is 1. The molecule has 118 valence electrons. The van der Waals surface area contributed by atoms with Gasteiger partial charge >= 0.3 is 0 Å². The number of hydrogen-bond acceptors (Lipinski definition) is 2. The molecular weight excluding hydrogens is 333 g/mol. The van der Waals surface area contributed by atoms with E-state index in [1.807, 2.05) is 13.1 Å². The van der Waals surface area contributed by atoms with Crippen LogP contribution in [0.25, 0.3) is 0 Å². The lowest BCUT2D eigenvalue weighted by Crippen LogP contribution is -2.19. The Bertz CT molecular complexity index is 460. The van der Waals surface area contributed by atoms with Crippen molar-refractivity contribution in [2.45, 2.75) is 51.0 Å². The van der Waals surface area contributed by atoms with Crippen LogP contribution in [0, 0.1) is 11.7 Å². The standard InChI is InChI=1S/C17H25BrFNO/c1-20-16(9-8-12-6-4-3-5-7-12)13-10-14(18)15(19)11-17(13)21-2/h10-12,16,20H,3-9H2,1-2H3. The van der Waals surface area contributed by atoms with Crippen molar-refractivity contribution in [1.82, 2.24) is 5.32 Å². The summed E-state index contributed by atoms with van der Waals surface area (Å²) in [5, 5.41) is 3.36. The van der Waals surface area contributed by atoms with Gasteiger partial charge in [0.1, 0.15) is 11.6 Å². The topological polar surface area (TPSA) is 21.3 Å². The fourth-order valence-electron chi connectivity index (χ4n) is 3.33. The summed E-state index contributed by atoms with van der Waals surface area (Å²) < 4.78 is 19.5. The Kier molecular flexibility index (Phi) is 6.49. The van der Waals surface area contributed by atoms with E-state index in [2.05, 4.69) is 21.2 Å². The monoisotopic (exact) mass is 357 g/mol. The Morgan fingerprint density at radius 1 is 1.33 bits per heavy atom. The molecule has 0 spiro atoms. The maximum atomic E-state index is 13.6. The molecule has 0 radical (unpaired) electrons. The third-order valence-electron chi connectivity index (χ3n) is 4.58. The van der Waals surface area contributed by atoms with E-state index in [0.29, 0.717) is 10.2 Å².